The molecule has 1 aromatic heterocycles. The molecule has 0 unspecified atom stereocenters. The number of benzene rings is 1. The summed E-state index contributed by atoms with van der Waals surface area (Å²) in [5.74, 6) is -0.168. The Morgan fingerprint density at radius 2 is 2.00 bits per heavy atom. The van der Waals surface area contributed by atoms with Crippen LogP contribution in [0.25, 0.3) is 0 Å². The molecule has 0 fully saturated rings. The lowest BCUT2D eigenvalue weighted by molar-refractivity contribution is -0.141. The second-order valence-corrected chi connectivity index (χ2v) is 6.57. The highest BCUT2D eigenvalue weighted by molar-refractivity contribution is 9.10. The Morgan fingerprint density at radius 3 is 2.62 bits per heavy atom. The lowest BCUT2D eigenvalue weighted by Gasteiger charge is -2.21. The van der Waals surface area contributed by atoms with Crippen molar-refractivity contribution in [2.45, 2.75) is 19.5 Å². The molecule has 0 saturated heterocycles. The van der Waals surface area contributed by atoms with Crippen molar-refractivity contribution in [1.82, 2.24) is 4.90 Å². The fraction of sp³-hybridized carbons (Fsp3) is 0.312. The zero-order valence-corrected chi connectivity index (χ0v) is 14.3. The van der Waals surface area contributed by atoms with Gasteiger partial charge in [-0.1, -0.05) is 30.3 Å². The highest BCUT2D eigenvalue weighted by Gasteiger charge is 2.12. The second kappa shape index (κ2) is 8.32. The first-order valence-corrected chi connectivity index (χ1v) is 8.41. The molecule has 0 spiro atoms. The van der Waals surface area contributed by atoms with Crippen LogP contribution in [0.3, 0.4) is 0 Å². The topological polar surface area (TPSA) is 29.5 Å². The number of methoxy groups -OCH3 is 1. The van der Waals surface area contributed by atoms with Crippen LogP contribution in [0.2, 0.25) is 0 Å². The van der Waals surface area contributed by atoms with Crippen LogP contribution in [-0.2, 0) is 22.6 Å². The maximum absolute atomic E-state index is 11.4. The van der Waals surface area contributed by atoms with Crippen molar-refractivity contribution >= 4 is 33.2 Å². The monoisotopic (exact) mass is 367 g/mol. The fourth-order valence-electron chi connectivity index (χ4n) is 2.05. The minimum atomic E-state index is -0.168. The summed E-state index contributed by atoms with van der Waals surface area (Å²) < 4.78 is 5.87. The molecule has 112 valence electrons. The van der Waals surface area contributed by atoms with Crippen molar-refractivity contribution < 1.29 is 9.53 Å². The lowest BCUT2D eigenvalue weighted by atomic mass is 10.2. The maximum Gasteiger partial charge on any atom is 0.306 e. The van der Waals surface area contributed by atoms with Crippen molar-refractivity contribution in [3.63, 3.8) is 0 Å². The van der Waals surface area contributed by atoms with E-state index in [4.69, 9.17) is 4.74 Å². The second-order valence-electron chi connectivity index (χ2n) is 4.71. The number of thiophene rings is 1. The Kier molecular flexibility index (Phi) is 6.42. The average Bonchev–Trinajstić information content (AvgIpc) is 2.90. The average molecular weight is 368 g/mol. The Hall–Kier alpha value is -1.17. The van der Waals surface area contributed by atoms with E-state index >= 15 is 0 Å². The van der Waals surface area contributed by atoms with Gasteiger partial charge >= 0.3 is 5.97 Å². The van der Waals surface area contributed by atoms with Gasteiger partial charge in [0.2, 0.25) is 0 Å². The van der Waals surface area contributed by atoms with E-state index in [9.17, 15) is 4.79 Å². The summed E-state index contributed by atoms with van der Waals surface area (Å²) in [6.45, 7) is 2.33. The fourth-order valence-corrected chi connectivity index (χ4v) is 3.57. The first-order valence-electron chi connectivity index (χ1n) is 6.74. The summed E-state index contributed by atoms with van der Waals surface area (Å²) in [6.07, 6.45) is 0.409. The van der Waals surface area contributed by atoms with Crippen molar-refractivity contribution in [1.29, 1.82) is 0 Å². The molecule has 0 aliphatic heterocycles. The summed E-state index contributed by atoms with van der Waals surface area (Å²) >= 11 is 5.29. The molecule has 0 amide bonds. The van der Waals surface area contributed by atoms with Crippen LogP contribution in [0.5, 0.6) is 0 Å². The molecule has 5 heteroatoms. The quantitative estimate of drug-likeness (QED) is 0.690. The van der Waals surface area contributed by atoms with E-state index in [0.717, 1.165) is 17.6 Å². The van der Waals surface area contributed by atoms with E-state index in [1.54, 1.807) is 11.3 Å². The number of esters is 1. The number of hydrogen-bond acceptors (Lipinski definition) is 4. The van der Waals surface area contributed by atoms with E-state index in [2.05, 4.69) is 44.4 Å². The van der Waals surface area contributed by atoms with Gasteiger partial charge in [-0.25, -0.2) is 0 Å². The molecule has 0 N–H and O–H groups in total. The molecule has 2 rings (SSSR count). The number of halogens is 1. The first kappa shape index (κ1) is 16.2. The minimum absolute atomic E-state index is 0.168. The van der Waals surface area contributed by atoms with Gasteiger partial charge in [-0.3, -0.25) is 9.69 Å². The first-order chi connectivity index (χ1) is 10.2. The van der Waals surface area contributed by atoms with Crippen molar-refractivity contribution in [3.8, 4) is 0 Å². The third kappa shape index (κ3) is 5.26. The normalized spacial score (nSPS) is 10.8. The van der Waals surface area contributed by atoms with Gasteiger partial charge in [-0.15, -0.1) is 11.3 Å². The van der Waals surface area contributed by atoms with E-state index < -0.39 is 0 Å². The molecule has 1 aromatic carbocycles. The van der Waals surface area contributed by atoms with Gasteiger partial charge in [0.1, 0.15) is 0 Å². The molecular formula is C16H18BrNO2S. The highest BCUT2D eigenvalue weighted by atomic mass is 79.9. The third-order valence-electron chi connectivity index (χ3n) is 3.17. The zero-order chi connectivity index (χ0) is 15.1. The molecule has 2 aromatic rings. The number of nitrogens with zero attached hydrogens (tertiary/aromatic N) is 1. The van der Waals surface area contributed by atoms with Crippen LogP contribution < -0.4 is 0 Å². The van der Waals surface area contributed by atoms with Crippen LogP contribution in [-0.4, -0.2) is 24.5 Å². The van der Waals surface area contributed by atoms with Gasteiger partial charge < -0.3 is 4.74 Å². The van der Waals surface area contributed by atoms with Gasteiger partial charge in [0.05, 0.1) is 13.5 Å². The van der Waals surface area contributed by atoms with E-state index in [-0.39, 0.29) is 5.97 Å². The molecule has 0 radical (unpaired) electrons. The van der Waals surface area contributed by atoms with Crippen molar-refractivity contribution in [2.24, 2.45) is 0 Å². The number of hydrogen-bond donors (Lipinski definition) is 0. The van der Waals surface area contributed by atoms with E-state index in [1.165, 1.54) is 17.6 Å². The lowest BCUT2D eigenvalue weighted by Crippen LogP contribution is -2.25. The standard InChI is InChI=1S/C16H18BrNO2S/c1-20-16(19)7-9-18(11-13-5-3-2-4-6-13)12-15-14(17)8-10-21-15/h2-6,8,10H,7,9,11-12H2,1H3. The molecule has 0 aliphatic rings. The Bertz CT molecular complexity index is 571. The molecule has 3 nitrogen and oxygen atoms in total. The van der Waals surface area contributed by atoms with Crippen LogP contribution in [0.4, 0.5) is 0 Å². The van der Waals surface area contributed by atoms with Crippen LogP contribution in [0.15, 0.2) is 46.3 Å². The molecule has 0 atom stereocenters. The molecule has 1 heterocycles. The minimum Gasteiger partial charge on any atom is -0.469 e. The molecular weight excluding hydrogens is 350 g/mol. The maximum atomic E-state index is 11.4. The molecule has 0 saturated carbocycles. The van der Waals surface area contributed by atoms with Crippen molar-refractivity contribution in [2.75, 3.05) is 13.7 Å². The smallest absolute Gasteiger partial charge is 0.306 e. The Morgan fingerprint density at radius 1 is 1.24 bits per heavy atom. The summed E-state index contributed by atoms with van der Waals surface area (Å²) in [5, 5.41) is 2.07. The van der Waals surface area contributed by atoms with Gasteiger partial charge in [0.15, 0.2) is 0 Å². The molecule has 21 heavy (non-hydrogen) atoms. The van der Waals surface area contributed by atoms with Gasteiger partial charge in [0.25, 0.3) is 0 Å². The SMILES string of the molecule is COC(=O)CCN(Cc1ccccc1)Cc1sccc1Br. The summed E-state index contributed by atoms with van der Waals surface area (Å²) in [4.78, 5) is 14.9. The van der Waals surface area contributed by atoms with Crippen LogP contribution in [0.1, 0.15) is 16.9 Å². The molecule has 0 aliphatic carbocycles. The number of carbonyl (C=O) groups is 1. The van der Waals surface area contributed by atoms with Crippen LogP contribution in [0, 0.1) is 0 Å². The Labute approximate surface area is 137 Å². The van der Waals surface area contributed by atoms with Gasteiger partial charge in [0, 0.05) is 29.0 Å². The number of rotatable bonds is 7. The van der Waals surface area contributed by atoms with E-state index in [1.807, 2.05) is 18.2 Å². The predicted octanol–water partition coefficient (Wildman–Crippen LogP) is 4.08. The largest absolute Gasteiger partial charge is 0.469 e. The van der Waals surface area contributed by atoms with E-state index in [0.29, 0.717) is 13.0 Å². The number of ether oxygens (including phenoxy) is 1. The van der Waals surface area contributed by atoms with Crippen LogP contribution >= 0.6 is 27.3 Å². The Balaban J connectivity index is 2.02. The summed E-state index contributed by atoms with van der Waals surface area (Å²) in [5.41, 5.74) is 1.25. The molecule has 0 bridgehead atoms. The summed E-state index contributed by atoms with van der Waals surface area (Å²) in [7, 11) is 1.43. The van der Waals surface area contributed by atoms with Gasteiger partial charge in [-0.2, -0.15) is 0 Å². The summed E-state index contributed by atoms with van der Waals surface area (Å²) in [6, 6.07) is 12.4. The van der Waals surface area contributed by atoms with Gasteiger partial charge in [-0.05, 0) is 32.9 Å². The third-order valence-corrected chi connectivity index (χ3v) is 5.08. The van der Waals surface area contributed by atoms with Crippen molar-refractivity contribution in [3.05, 3.63) is 56.7 Å². The number of carbonyl (C=O) groups excluding carboxylic acids is 1. The predicted molar refractivity (Wildman–Crippen MR) is 89.2 cm³/mol. The zero-order valence-electron chi connectivity index (χ0n) is 11.9. The highest BCUT2D eigenvalue weighted by Crippen LogP contribution is 2.25.